The molecule has 0 aliphatic heterocycles. The van der Waals surface area contributed by atoms with Crippen LogP contribution in [-0.4, -0.2) is 28.5 Å². The van der Waals surface area contributed by atoms with Gasteiger partial charge in [0.1, 0.15) is 0 Å². The van der Waals surface area contributed by atoms with Crippen LogP contribution in [0.5, 0.6) is 0 Å². The van der Waals surface area contributed by atoms with Crippen LogP contribution < -0.4 is 5.32 Å². The van der Waals surface area contributed by atoms with Crippen molar-refractivity contribution in [3.63, 3.8) is 0 Å². The van der Waals surface area contributed by atoms with Crippen LogP contribution in [0.2, 0.25) is 10.0 Å². The number of nitrogens with one attached hydrogen (secondary N) is 1. The lowest BCUT2D eigenvalue weighted by Crippen LogP contribution is -2.27. The number of nitrogens with zero attached hydrogens (tertiary/aromatic N) is 1. The molecule has 24 heavy (non-hydrogen) atoms. The molecule has 1 aliphatic rings. The van der Waals surface area contributed by atoms with Crippen molar-refractivity contribution in [3.8, 4) is 0 Å². The Balaban J connectivity index is 1.49. The SMILES string of the molecule is O=C(O)c1csc(CCNC(=O)C2CC2c2cc(Cl)cc(Cl)c2)n1. The molecule has 8 heteroatoms. The van der Waals surface area contributed by atoms with Gasteiger partial charge in [-0.2, -0.15) is 0 Å². The fraction of sp³-hybridized carbons (Fsp3) is 0.312. The Labute approximate surface area is 152 Å². The zero-order chi connectivity index (χ0) is 17.3. The molecule has 1 heterocycles. The van der Waals surface area contributed by atoms with E-state index >= 15 is 0 Å². The second-order valence-corrected chi connectivity index (χ2v) is 7.44. The van der Waals surface area contributed by atoms with Crippen molar-refractivity contribution in [1.82, 2.24) is 10.3 Å². The largest absolute Gasteiger partial charge is 0.476 e. The van der Waals surface area contributed by atoms with Crippen LogP contribution in [0.25, 0.3) is 0 Å². The summed E-state index contributed by atoms with van der Waals surface area (Å²) >= 11 is 13.3. The number of amides is 1. The molecule has 2 N–H and O–H groups in total. The summed E-state index contributed by atoms with van der Waals surface area (Å²) in [4.78, 5) is 26.9. The van der Waals surface area contributed by atoms with Crippen molar-refractivity contribution in [2.45, 2.75) is 18.8 Å². The molecular weight excluding hydrogens is 371 g/mol. The number of carbonyl (C=O) groups excluding carboxylic acids is 1. The smallest absolute Gasteiger partial charge is 0.355 e. The third-order valence-corrected chi connectivity index (χ3v) is 5.19. The quantitative estimate of drug-likeness (QED) is 0.796. The Hall–Kier alpha value is -1.63. The first-order valence-electron chi connectivity index (χ1n) is 7.35. The van der Waals surface area contributed by atoms with E-state index in [9.17, 15) is 9.59 Å². The minimum Gasteiger partial charge on any atom is -0.476 e. The predicted octanol–water partition coefficient (Wildman–Crippen LogP) is 3.61. The van der Waals surface area contributed by atoms with Gasteiger partial charge in [-0.05, 0) is 36.1 Å². The van der Waals surface area contributed by atoms with Gasteiger partial charge in [-0.1, -0.05) is 23.2 Å². The second-order valence-electron chi connectivity index (χ2n) is 5.62. The van der Waals surface area contributed by atoms with Gasteiger partial charge in [0.2, 0.25) is 5.91 Å². The van der Waals surface area contributed by atoms with Gasteiger partial charge in [0, 0.05) is 34.3 Å². The summed E-state index contributed by atoms with van der Waals surface area (Å²) in [5, 5.41) is 15.0. The van der Waals surface area contributed by atoms with E-state index in [4.69, 9.17) is 28.3 Å². The molecule has 3 rings (SSSR count). The molecule has 1 fully saturated rings. The fourth-order valence-electron chi connectivity index (χ4n) is 2.59. The maximum absolute atomic E-state index is 12.2. The van der Waals surface area contributed by atoms with Crippen LogP contribution in [0.15, 0.2) is 23.6 Å². The minimum absolute atomic E-state index is 0.00823. The minimum atomic E-state index is -1.04. The van der Waals surface area contributed by atoms with E-state index in [1.807, 2.05) is 12.1 Å². The molecule has 126 valence electrons. The number of benzene rings is 1. The molecule has 1 aromatic heterocycles. The summed E-state index contributed by atoms with van der Waals surface area (Å²) in [6.45, 7) is 0.435. The summed E-state index contributed by atoms with van der Waals surface area (Å²) in [7, 11) is 0. The third-order valence-electron chi connectivity index (χ3n) is 3.85. The number of carbonyl (C=O) groups is 2. The van der Waals surface area contributed by atoms with Crippen LogP contribution in [0.1, 0.15) is 33.4 Å². The predicted molar refractivity (Wildman–Crippen MR) is 93.1 cm³/mol. The van der Waals surface area contributed by atoms with Gasteiger partial charge < -0.3 is 10.4 Å². The van der Waals surface area contributed by atoms with Crippen molar-refractivity contribution in [1.29, 1.82) is 0 Å². The molecular formula is C16H14Cl2N2O3S. The summed E-state index contributed by atoms with van der Waals surface area (Å²) in [6.07, 6.45) is 1.30. The molecule has 5 nitrogen and oxygen atoms in total. The number of carboxylic acid groups (broad SMARTS) is 1. The lowest BCUT2D eigenvalue weighted by molar-refractivity contribution is -0.122. The van der Waals surface area contributed by atoms with E-state index < -0.39 is 5.97 Å². The Morgan fingerprint density at radius 1 is 1.29 bits per heavy atom. The van der Waals surface area contributed by atoms with Crippen molar-refractivity contribution < 1.29 is 14.7 Å². The first-order valence-corrected chi connectivity index (χ1v) is 8.99. The summed E-state index contributed by atoms with van der Waals surface area (Å²) in [5.41, 5.74) is 1.03. The van der Waals surface area contributed by atoms with Crippen molar-refractivity contribution in [3.05, 3.63) is 49.9 Å². The molecule has 0 bridgehead atoms. The van der Waals surface area contributed by atoms with E-state index in [2.05, 4.69) is 10.3 Å². The van der Waals surface area contributed by atoms with Gasteiger partial charge in [-0.15, -0.1) is 11.3 Å². The van der Waals surface area contributed by atoms with Crippen molar-refractivity contribution in [2.75, 3.05) is 6.54 Å². The number of carboxylic acids is 1. The van der Waals surface area contributed by atoms with Crippen molar-refractivity contribution in [2.24, 2.45) is 5.92 Å². The number of rotatable bonds is 6. The summed E-state index contributed by atoms with van der Waals surface area (Å²) < 4.78 is 0. The lowest BCUT2D eigenvalue weighted by Gasteiger charge is -2.05. The van der Waals surface area contributed by atoms with Crippen LogP contribution in [0.3, 0.4) is 0 Å². The number of aromatic carboxylic acids is 1. The van der Waals surface area contributed by atoms with Crippen LogP contribution in [0.4, 0.5) is 0 Å². The van der Waals surface area contributed by atoms with E-state index in [1.165, 1.54) is 16.7 Å². The zero-order valence-electron chi connectivity index (χ0n) is 12.5. The Morgan fingerprint density at radius 3 is 2.62 bits per heavy atom. The number of halogens is 2. The maximum Gasteiger partial charge on any atom is 0.355 e. The van der Waals surface area contributed by atoms with Gasteiger partial charge in [0.05, 0.1) is 5.01 Å². The molecule has 0 radical (unpaired) electrons. The number of hydrogen-bond donors (Lipinski definition) is 2. The summed E-state index contributed by atoms with van der Waals surface area (Å²) in [5.74, 6) is -0.960. The van der Waals surface area contributed by atoms with E-state index in [-0.39, 0.29) is 23.4 Å². The molecule has 1 aromatic carbocycles. The number of hydrogen-bond acceptors (Lipinski definition) is 4. The third kappa shape index (κ3) is 4.06. The van der Waals surface area contributed by atoms with Gasteiger partial charge in [-0.3, -0.25) is 4.79 Å². The fourth-order valence-corrected chi connectivity index (χ4v) is 3.91. The normalized spacial score (nSPS) is 19.1. The average molecular weight is 385 g/mol. The highest BCUT2D eigenvalue weighted by atomic mass is 35.5. The highest BCUT2D eigenvalue weighted by Crippen LogP contribution is 2.48. The molecule has 1 saturated carbocycles. The Bertz CT molecular complexity index is 773. The van der Waals surface area contributed by atoms with Gasteiger partial charge in [0.15, 0.2) is 5.69 Å². The van der Waals surface area contributed by atoms with Crippen LogP contribution in [0, 0.1) is 5.92 Å². The molecule has 2 unspecified atom stereocenters. The molecule has 0 saturated heterocycles. The summed E-state index contributed by atoms with van der Waals surface area (Å²) in [6, 6.07) is 5.35. The van der Waals surface area contributed by atoms with Crippen molar-refractivity contribution >= 4 is 46.4 Å². The first kappa shape index (κ1) is 17.2. The van der Waals surface area contributed by atoms with E-state index in [1.54, 1.807) is 6.07 Å². The number of aromatic nitrogens is 1. The molecule has 0 spiro atoms. The monoisotopic (exact) mass is 384 g/mol. The molecule has 1 amide bonds. The zero-order valence-corrected chi connectivity index (χ0v) is 14.8. The Kier molecular flexibility index (Phi) is 5.08. The van der Waals surface area contributed by atoms with Crippen LogP contribution in [-0.2, 0) is 11.2 Å². The standard InChI is InChI=1S/C16H14Cl2N2O3S/c17-9-3-8(4-10(18)5-9)11-6-12(11)15(21)19-2-1-14-20-13(7-24-14)16(22)23/h3-5,7,11-12H,1-2,6H2,(H,19,21)(H,22,23). The first-order chi connectivity index (χ1) is 11.4. The van der Waals surface area contributed by atoms with E-state index in [0.717, 1.165) is 12.0 Å². The Morgan fingerprint density at radius 2 is 2.00 bits per heavy atom. The van der Waals surface area contributed by atoms with Gasteiger partial charge in [0.25, 0.3) is 0 Å². The second kappa shape index (κ2) is 7.09. The average Bonchev–Trinajstić information content (AvgIpc) is 3.17. The molecule has 2 atom stereocenters. The van der Waals surface area contributed by atoms with Gasteiger partial charge >= 0.3 is 5.97 Å². The van der Waals surface area contributed by atoms with Crippen LogP contribution >= 0.6 is 34.5 Å². The van der Waals surface area contributed by atoms with Gasteiger partial charge in [-0.25, -0.2) is 9.78 Å². The van der Waals surface area contributed by atoms with E-state index in [0.29, 0.717) is 28.0 Å². The molecule has 2 aromatic rings. The number of thiazole rings is 1. The maximum atomic E-state index is 12.2. The lowest BCUT2D eigenvalue weighted by atomic mass is 10.1. The topological polar surface area (TPSA) is 79.3 Å². The highest BCUT2D eigenvalue weighted by molar-refractivity contribution is 7.09. The molecule has 1 aliphatic carbocycles. The highest BCUT2D eigenvalue weighted by Gasteiger charge is 2.43.